The third-order valence-corrected chi connectivity index (χ3v) is 6.88. The van der Waals surface area contributed by atoms with Gasteiger partial charge in [-0.05, 0) is 63.2 Å². The molecule has 7 nitrogen and oxygen atoms in total. The summed E-state index contributed by atoms with van der Waals surface area (Å²) in [5.74, 6) is 0.726. The van der Waals surface area contributed by atoms with E-state index in [0.29, 0.717) is 6.54 Å². The molecule has 168 valence electrons. The van der Waals surface area contributed by atoms with Crippen LogP contribution in [0.15, 0.2) is 64.5 Å². The minimum Gasteiger partial charge on any atom is -0.357 e. The summed E-state index contributed by atoms with van der Waals surface area (Å²) in [5.41, 5.74) is 2.14. The third-order valence-electron chi connectivity index (χ3n) is 5.47. The molecule has 0 aliphatic carbocycles. The van der Waals surface area contributed by atoms with Crippen molar-refractivity contribution >= 4 is 16.0 Å². The van der Waals surface area contributed by atoms with Gasteiger partial charge in [-0.25, -0.2) is 18.1 Å². The van der Waals surface area contributed by atoms with Crippen molar-refractivity contribution in [2.75, 3.05) is 33.2 Å². The van der Waals surface area contributed by atoms with Crippen molar-refractivity contribution in [2.24, 2.45) is 4.99 Å². The monoisotopic (exact) mass is 443 g/mol. The van der Waals surface area contributed by atoms with Gasteiger partial charge in [-0.2, -0.15) is 0 Å². The smallest absolute Gasteiger partial charge is 0.240 e. The lowest BCUT2D eigenvalue weighted by Crippen LogP contribution is -2.42. The Balaban J connectivity index is 1.71. The number of guanidine groups is 1. The summed E-state index contributed by atoms with van der Waals surface area (Å²) in [6.45, 7) is 6.15. The van der Waals surface area contributed by atoms with Crippen LogP contribution in [0.4, 0.5) is 0 Å². The number of nitrogens with zero attached hydrogens (tertiary/aromatic N) is 2. The lowest BCUT2D eigenvalue weighted by Gasteiger charge is -2.29. The molecule has 1 saturated heterocycles. The maximum absolute atomic E-state index is 12.1. The largest absolute Gasteiger partial charge is 0.357 e. The SMILES string of the molecule is CCNC(=NCc1cccc(S(=O)(=O)NC)c1)NCC(c1ccccc1)N1CCCC1. The van der Waals surface area contributed by atoms with Gasteiger partial charge in [0, 0.05) is 13.1 Å². The second-order valence-electron chi connectivity index (χ2n) is 7.60. The molecule has 3 rings (SSSR count). The van der Waals surface area contributed by atoms with E-state index < -0.39 is 10.0 Å². The summed E-state index contributed by atoms with van der Waals surface area (Å²) >= 11 is 0. The van der Waals surface area contributed by atoms with Crippen molar-refractivity contribution < 1.29 is 8.42 Å². The molecule has 1 fully saturated rings. The summed E-state index contributed by atoms with van der Waals surface area (Å²) in [5, 5.41) is 6.79. The predicted octanol–water partition coefficient (Wildman–Crippen LogP) is 2.49. The summed E-state index contributed by atoms with van der Waals surface area (Å²) < 4.78 is 26.5. The lowest BCUT2D eigenvalue weighted by molar-refractivity contribution is 0.245. The third kappa shape index (κ3) is 6.53. The van der Waals surface area contributed by atoms with E-state index in [1.54, 1.807) is 18.2 Å². The van der Waals surface area contributed by atoms with Gasteiger partial charge in [-0.1, -0.05) is 42.5 Å². The Kier molecular flexibility index (Phi) is 8.45. The van der Waals surface area contributed by atoms with Gasteiger partial charge in [0.05, 0.1) is 17.5 Å². The molecule has 2 aromatic carbocycles. The van der Waals surface area contributed by atoms with Crippen LogP contribution in [0.25, 0.3) is 0 Å². The van der Waals surface area contributed by atoms with E-state index in [-0.39, 0.29) is 10.9 Å². The van der Waals surface area contributed by atoms with Gasteiger partial charge in [0.15, 0.2) is 5.96 Å². The minimum absolute atomic E-state index is 0.249. The highest BCUT2D eigenvalue weighted by molar-refractivity contribution is 7.89. The number of hydrogen-bond acceptors (Lipinski definition) is 4. The second-order valence-corrected chi connectivity index (χ2v) is 9.49. The molecule has 1 atom stereocenters. The molecule has 0 bridgehead atoms. The van der Waals surface area contributed by atoms with E-state index in [2.05, 4.69) is 49.5 Å². The lowest BCUT2D eigenvalue weighted by atomic mass is 10.1. The van der Waals surface area contributed by atoms with Gasteiger partial charge in [-0.15, -0.1) is 0 Å². The normalized spacial score (nSPS) is 16.3. The average Bonchev–Trinajstić information content (AvgIpc) is 3.33. The van der Waals surface area contributed by atoms with Crippen LogP contribution in [-0.4, -0.2) is 52.5 Å². The summed E-state index contributed by atoms with van der Waals surface area (Å²) in [6.07, 6.45) is 2.48. The minimum atomic E-state index is -3.47. The fourth-order valence-electron chi connectivity index (χ4n) is 3.82. The number of rotatable bonds is 9. The maximum atomic E-state index is 12.1. The Morgan fingerprint density at radius 1 is 1.06 bits per heavy atom. The van der Waals surface area contributed by atoms with Crippen LogP contribution < -0.4 is 15.4 Å². The highest BCUT2D eigenvalue weighted by atomic mass is 32.2. The van der Waals surface area contributed by atoms with E-state index in [4.69, 9.17) is 0 Å². The van der Waals surface area contributed by atoms with Gasteiger partial charge >= 0.3 is 0 Å². The molecule has 1 heterocycles. The molecule has 1 aliphatic heterocycles. The van der Waals surface area contributed by atoms with Crippen LogP contribution in [-0.2, 0) is 16.6 Å². The second kappa shape index (κ2) is 11.3. The molecule has 2 aromatic rings. The van der Waals surface area contributed by atoms with Gasteiger partial charge in [-0.3, -0.25) is 4.90 Å². The molecule has 0 spiro atoms. The van der Waals surface area contributed by atoms with Crippen molar-refractivity contribution in [1.82, 2.24) is 20.3 Å². The molecule has 1 unspecified atom stereocenters. The number of sulfonamides is 1. The first-order chi connectivity index (χ1) is 15.0. The van der Waals surface area contributed by atoms with Crippen molar-refractivity contribution in [3.8, 4) is 0 Å². The van der Waals surface area contributed by atoms with Crippen LogP contribution in [0.2, 0.25) is 0 Å². The Hall–Kier alpha value is -2.42. The molecule has 0 amide bonds. The zero-order valence-corrected chi connectivity index (χ0v) is 19.2. The molecule has 31 heavy (non-hydrogen) atoms. The summed E-state index contributed by atoms with van der Waals surface area (Å²) in [7, 11) is -2.05. The van der Waals surface area contributed by atoms with Crippen LogP contribution in [0.5, 0.6) is 0 Å². The first kappa shape index (κ1) is 23.2. The quantitative estimate of drug-likeness (QED) is 0.410. The van der Waals surface area contributed by atoms with Gasteiger partial charge in [0.25, 0.3) is 0 Å². The molecule has 1 aliphatic rings. The Morgan fingerprint density at radius 3 is 2.48 bits per heavy atom. The molecular formula is C23H33N5O2S. The molecule has 0 radical (unpaired) electrons. The van der Waals surface area contributed by atoms with Crippen molar-refractivity contribution in [3.63, 3.8) is 0 Å². The first-order valence-electron chi connectivity index (χ1n) is 10.9. The number of hydrogen-bond donors (Lipinski definition) is 3. The predicted molar refractivity (Wildman–Crippen MR) is 125 cm³/mol. The topological polar surface area (TPSA) is 85.8 Å². The van der Waals surface area contributed by atoms with Crippen molar-refractivity contribution in [3.05, 3.63) is 65.7 Å². The molecule has 0 aromatic heterocycles. The fraction of sp³-hybridized carbons (Fsp3) is 0.435. The standard InChI is InChI=1S/C23H33N5O2S/c1-3-25-23(26-17-19-10-9-13-21(16-19)31(29,30)24-2)27-18-22(28-14-7-8-15-28)20-11-5-4-6-12-20/h4-6,9-13,16,22,24H,3,7-8,14-15,17-18H2,1-2H3,(H2,25,26,27). The summed E-state index contributed by atoms with van der Waals surface area (Å²) in [4.78, 5) is 7.46. The van der Waals surface area contributed by atoms with Crippen molar-refractivity contribution in [2.45, 2.75) is 37.2 Å². The highest BCUT2D eigenvalue weighted by Gasteiger charge is 2.23. The number of likely N-dealkylation sites (tertiary alicyclic amines) is 1. The van der Waals surface area contributed by atoms with Crippen LogP contribution in [0.3, 0.4) is 0 Å². The zero-order valence-electron chi connectivity index (χ0n) is 18.3. The Morgan fingerprint density at radius 2 is 1.81 bits per heavy atom. The average molecular weight is 444 g/mol. The molecule has 8 heteroatoms. The van der Waals surface area contributed by atoms with E-state index in [0.717, 1.165) is 37.7 Å². The number of nitrogens with one attached hydrogen (secondary N) is 3. The van der Waals surface area contributed by atoms with Crippen LogP contribution >= 0.6 is 0 Å². The fourth-order valence-corrected chi connectivity index (χ4v) is 4.62. The van der Waals surface area contributed by atoms with Gasteiger partial charge in [0.2, 0.25) is 10.0 Å². The van der Waals surface area contributed by atoms with E-state index in [1.165, 1.54) is 25.5 Å². The van der Waals surface area contributed by atoms with E-state index >= 15 is 0 Å². The number of benzene rings is 2. The van der Waals surface area contributed by atoms with Crippen LogP contribution in [0, 0.1) is 0 Å². The zero-order chi connectivity index (χ0) is 22.1. The molecule has 3 N–H and O–H groups in total. The summed E-state index contributed by atoms with van der Waals surface area (Å²) in [6, 6.07) is 17.8. The molecular weight excluding hydrogens is 410 g/mol. The Labute approximate surface area is 186 Å². The van der Waals surface area contributed by atoms with Crippen LogP contribution in [0.1, 0.15) is 36.9 Å². The van der Waals surface area contributed by atoms with E-state index in [9.17, 15) is 8.42 Å². The highest BCUT2D eigenvalue weighted by Crippen LogP contribution is 2.24. The Bertz CT molecular complexity index is 957. The van der Waals surface area contributed by atoms with E-state index in [1.807, 2.05) is 19.1 Å². The maximum Gasteiger partial charge on any atom is 0.240 e. The van der Waals surface area contributed by atoms with Gasteiger partial charge < -0.3 is 10.6 Å². The number of aliphatic imine (C=N–C) groups is 1. The first-order valence-corrected chi connectivity index (χ1v) is 12.4. The van der Waals surface area contributed by atoms with Gasteiger partial charge in [0.1, 0.15) is 0 Å². The molecule has 0 saturated carbocycles. The van der Waals surface area contributed by atoms with Crippen molar-refractivity contribution in [1.29, 1.82) is 0 Å².